The van der Waals surface area contributed by atoms with E-state index in [0.717, 1.165) is 42.8 Å². The molecule has 0 spiro atoms. The normalized spacial score (nSPS) is 16.4. The summed E-state index contributed by atoms with van der Waals surface area (Å²) in [5.74, 6) is 2.68. The molecule has 0 saturated carbocycles. The number of benzene rings is 1. The van der Waals surface area contributed by atoms with Gasteiger partial charge in [-0.05, 0) is 45.2 Å². The van der Waals surface area contributed by atoms with E-state index in [0.29, 0.717) is 0 Å². The zero-order valence-electron chi connectivity index (χ0n) is 12.0. The molecule has 1 aromatic heterocycles. The van der Waals surface area contributed by atoms with Crippen LogP contribution in [0.5, 0.6) is 0 Å². The SMILES string of the molecule is Cc1nc(-c2ccccc2)n(CCC2CCNCC2)n1. The number of aryl methyl sites for hydroxylation is 2. The van der Waals surface area contributed by atoms with Crippen LogP contribution >= 0.6 is 0 Å². The molecule has 0 atom stereocenters. The molecule has 1 aliphatic rings. The molecule has 3 rings (SSSR count). The Bertz CT molecular complexity index is 541. The molecule has 4 nitrogen and oxygen atoms in total. The molecule has 0 radical (unpaired) electrons. The zero-order chi connectivity index (χ0) is 13.8. The van der Waals surface area contributed by atoms with Crippen LogP contribution in [0.2, 0.25) is 0 Å². The third-order valence-corrected chi connectivity index (χ3v) is 4.02. The fourth-order valence-electron chi connectivity index (χ4n) is 2.89. The minimum absolute atomic E-state index is 0.823. The van der Waals surface area contributed by atoms with Crippen molar-refractivity contribution in [2.24, 2.45) is 5.92 Å². The monoisotopic (exact) mass is 270 g/mol. The Balaban J connectivity index is 1.73. The molecular weight excluding hydrogens is 248 g/mol. The lowest BCUT2D eigenvalue weighted by atomic mass is 9.95. The summed E-state index contributed by atoms with van der Waals surface area (Å²) in [6.07, 6.45) is 3.77. The lowest BCUT2D eigenvalue weighted by Gasteiger charge is -2.22. The summed E-state index contributed by atoms with van der Waals surface area (Å²) >= 11 is 0. The van der Waals surface area contributed by atoms with Crippen molar-refractivity contribution in [3.05, 3.63) is 36.2 Å². The molecular formula is C16H22N4. The highest BCUT2D eigenvalue weighted by Crippen LogP contribution is 2.20. The van der Waals surface area contributed by atoms with Gasteiger partial charge in [-0.1, -0.05) is 30.3 Å². The van der Waals surface area contributed by atoms with Crippen molar-refractivity contribution in [2.75, 3.05) is 13.1 Å². The summed E-state index contributed by atoms with van der Waals surface area (Å²) in [6.45, 7) is 5.25. The average molecular weight is 270 g/mol. The topological polar surface area (TPSA) is 42.7 Å². The maximum Gasteiger partial charge on any atom is 0.158 e. The van der Waals surface area contributed by atoms with Gasteiger partial charge in [-0.25, -0.2) is 9.67 Å². The van der Waals surface area contributed by atoms with Crippen LogP contribution in [-0.4, -0.2) is 27.9 Å². The van der Waals surface area contributed by atoms with Gasteiger partial charge >= 0.3 is 0 Å². The van der Waals surface area contributed by atoms with Crippen LogP contribution in [0.25, 0.3) is 11.4 Å². The lowest BCUT2D eigenvalue weighted by molar-refractivity contribution is 0.332. The van der Waals surface area contributed by atoms with Crippen molar-refractivity contribution < 1.29 is 0 Å². The summed E-state index contributed by atoms with van der Waals surface area (Å²) < 4.78 is 2.08. The van der Waals surface area contributed by atoms with Gasteiger partial charge in [0.15, 0.2) is 5.82 Å². The summed E-state index contributed by atoms with van der Waals surface area (Å²) in [5, 5.41) is 7.98. The highest BCUT2D eigenvalue weighted by molar-refractivity contribution is 5.54. The van der Waals surface area contributed by atoms with Crippen molar-refractivity contribution in [1.82, 2.24) is 20.1 Å². The van der Waals surface area contributed by atoms with Gasteiger partial charge < -0.3 is 5.32 Å². The number of nitrogens with zero attached hydrogens (tertiary/aromatic N) is 3. The fraction of sp³-hybridized carbons (Fsp3) is 0.500. The Kier molecular flexibility index (Phi) is 4.11. The van der Waals surface area contributed by atoms with Gasteiger partial charge in [0.25, 0.3) is 0 Å². The van der Waals surface area contributed by atoms with Gasteiger partial charge in [-0.15, -0.1) is 0 Å². The summed E-state index contributed by atoms with van der Waals surface area (Å²) in [6, 6.07) is 10.3. The first-order valence-electron chi connectivity index (χ1n) is 7.50. The molecule has 0 aliphatic carbocycles. The van der Waals surface area contributed by atoms with Crippen LogP contribution < -0.4 is 5.32 Å². The van der Waals surface area contributed by atoms with Gasteiger partial charge in [0, 0.05) is 12.1 Å². The smallest absolute Gasteiger partial charge is 0.158 e. The van der Waals surface area contributed by atoms with Crippen molar-refractivity contribution in [2.45, 2.75) is 32.7 Å². The number of piperidine rings is 1. The lowest BCUT2D eigenvalue weighted by Crippen LogP contribution is -2.28. The maximum absolute atomic E-state index is 4.58. The molecule has 0 amide bonds. The molecule has 106 valence electrons. The molecule has 0 unspecified atom stereocenters. The van der Waals surface area contributed by atoms with Gasteiger partial charge in [-0.3, -0.25) is 0 Å². The van der Waals surface area contributed by atoms with E-state index in [2.05, 4.69) is 44.3 Å². The van der Waals surface area contributed by atoms with E-state index in [1.807, 2.05) is 13.0 Å². The van der Waals surface area contributed by atoms with Crippen LogP contribution in [0, 0.1) is 12.8 Å². The van der Waals surface area contributed by atoms with Crippen molar-refractivity contribution in [3.8, 4) is 11.4 Å². The molecule has 2 aromatic rings. The third-order valence-electron chi connectivity index (χ3n) is 4.02. The van der Waals surface area contributed by atoms with E-state index in [1.54, 1.807) is 0 Å². The van der Waals surface area contributed by atoms with Crippen LogP contribution in [-0.2, 0) is 6.54 Å². The number of aromatic nitrogens is 3. The van der Waals surface area contributed by atoms with Crippen molar-refractivity contribution >= 4 is 0 Å². The first-order valence-corrected chi connectivity index (χ1v) is 7.50. The van der Waals surface area contributed by atoms with Crippen LogP contribution in [0.1, 0.15) is 25.1 Å². The Labute approximate surface area is 120 Å². The number of hydrogen-bond donors (Lipinski definition) is 1. The molecule has 1 aromatic carbocycles. The van der Waals surface area contributed by atoms with Gasteiger partial charge in [-0.2, -0.15) is 5.10 Å². The Morgan fingerprint density at radius 1 is 1.20 bits per heavy atom. The molecule has 1 fully saturated rings. The second-order valence-corrected chi connectivity index (χ2v) is 5.55. The molecule has 4 heteroatoms. The summed E-state index contributed by atoms with van der Waals surface area (Å²) in [5.41, 5.74) is 1.15. The van der Waals surface area contributed by atoms with Gasteiger partial charge in [0.1, 0.15) is 5.82 Å². The quantitative estimate of drug-likeness (QED) is 0.928. The molecule has 0 bridgehead atoms. The standard InChI is InChI=1S/C16H22N4/c1-13-18-16(15-5-3-2-4-6-15)20(19-13)12-9-14-7-10-17-11-8-14/h2-6,14,17H,7-12H2,1H3. The second-order valence-electron chi connectivity index (χ2n) is 5.55. The highest BCUT2D eigenvalue weighted by atomic mass is 15.3. The molecule has 1 aliphatic heterocycles. The van der Waals surface area contributed by atoms with Gasteiger partial charge in [0.05, 0.1) is 0 Å². The van der Waals surface area contributed by atoms with E-state index in [1.165, 1.54) is 19.3 Å². The molecule has 20 heavy (non-hydrogen) atoms. The molecule has 2 heterocycles. The first kappa shape index (κ1) is 13.3. The maximum atomic E-state index is 4.58. The number of nitrogens with one attached hydrogen (secondary N) is 1. The first-order chi connectivity index (χ1) is 9.83. The Morgan fingerprint density at radius 3 is 2.70 bits per heavy atom. The fourth-order valence-corrected chi connectivity index (χ4v) is 2.89. The van der Waals surface area contributed by atoms with Crippen LogP contribution in [0.3, 0.4) is 0 Å². The number of hydrogen-bond acceptors (Lipinski definition) is 3. The van der Waals surface area contributed by atoms with Gasteiger partial charge in [0.2, 0.25) is 0 Å². The Hall–Kier alpha value is -1.68. The summed E-state index contributed by atoms with van der Waals surface area (Å²) in [7, 11) is 0. The summed E-state index contributed by atoms with van der Waals surface area (Å²) in [4.78, 5) is 4.58. The van der Waals surface area contributed by atoms with Crippen molar-refractivity contribution in [1.29, 1.82) is 0 Å². The molecule has 1 saturated heterocycles. The molecule has 1 N–H and O–H groups in total. The van der Waals surface area contributed by atoms with Crippen LogP contribution in [0.4, 0.5) is 0 Å². The highest BCUT2D eigenvalue weighted by Gasteiger charge is 2.15. The van der Waals surface area contributed by atoms with Crippen LogP contribution in [0.15, 0.2) is 30.3 Å². The third kappa shape index (κ3) is 3.07. The minimum Gasteiger partial charge on any atom is -0.317 e. The number of rotatable bonds is 4. The largest absolute Gasteiger partial charge is 0.317 e. The predicted molar refractivity (Wildman–Crippen MR) is 80.4 cm³/mol. The predicted octanol–water partition coefficient (Wildman–Crippen LogP) is 2.64. The second kappa shape index (κ2) is 6.18. The van der Waals surface area contributed by atoms with E-state index in [9.17, 15) is 0 Å². The van der Waals surface area contributed by atoms with Crippen molar-refractivity contribution in [3.63, 3.8) is 0 Å². The minimum atomic E-state index is 0.823. The average Bonchev–Trinajstić information content (AvgIpc) is 2.88. The Morgan fingerprint density at radius 2 is 1.95 bits per heavy atom. The van der Waals surface area contributed by atoms with E-state index in [4.69, 9.17) is 0 Å². The van der Waals surface area contributed by atoms with E-state index >= 15 is 0 Å². The van der Waals surface area contributed by atoms with E-state index < -0.39 is 0 Å². The zero-order valence-corrected chi connectivity index (χ0v) is 12.0. The van der Waals surface area contributed by atoms with E-state index in [-0.39, 0.29) is 0 Å².